The van der Waals surface area contributed by atoms with E-state index in [1.165, 1.54) is 0 Å². The maximum absolute atomic E-state index is 11.8. The van der Waals surface area contributed by atoms with Crippen molar-refractivity contribution >= 4 is 23.5 Å². The molecule has 0 spiro atoms. The van der Waals surface area contributed by atoms with Gasteiger partial charge in [0.15, 0.2) is 0 Å². The van der Waals surface area contributed by atoms with Crippen LogP contribution in [-0.2, 0) is 4.79 Å². The molecule has 0 aliphatic carbocycles. The van der Waals surface area contributed by atoms with E-state index < -0.39 is 11.8 Å². The van der Waals surface area contributed by atoms with Gasteiger partial charge in [0.05, 0.1) is 13.0 Å². The summed E-state index contributed by atoms with van der Waals surface area (Å²) in [7, 11) is 0. The third-order valence-electron chi connectivity index (χ3n) is 2.45. The molecule has 2 rings (SSSR count). The maximum atomic E-state index is 11.8. The van der Waals surface area contributed by atoms with E-state index in [9.17, 15) is 9.59 Å². The average molecular weight is 290 g/mol. The van der Waals surface area contributed by atoms with Crippen molar-refractivity contribution < 1.29 is 14.3 Å². The Morgan fingerprint density at radius 1 is 1.29 bits per heavy atom. The first-order valence-electron chi connectivity index (χ1n) is 6.05. The molecule has 1 heterocycles. The second-order valence-electron chi connectivity index (χ2n) is 4.09. The number of aromatic amines is 1. The zero-order valence-corrected chi connectivity index (χ0v) is 11.0. The van der Waals surface area contributed by atoms with E-state index in [1.54, 1.807) is 24.3 Å². The minimum atomic E-state index is -0.457. The summed E-state index contributed by atoms with van der Waals surface area (Å²) in [5.74, 6) is -0.294. The minimum Gasteiger partial charge on any atom is -0.493 e. The van der Waals surface area contributed by atoms with Crippen LogP contribution in [0.5, 0.6) is 5.75 Å². The number of hydrogen-bond acceptors (Lipinski definition) is 6. The fourth-order valence-corrected chi connectivity index (χ4v) is 1.47. The molecule has 2 aromatic rings. The highest BCUT2D eigenvalue weighted by Crippen LogP contribution is 2.16. The summed E-state index contributed by atoms with van der Waals surface area (Å²) in [5.41, 5.74) is 10.9. The number of nitrogens with zero attached hydrogens (tertiary/aromatic N) is 2. The number of hydrogen-bond donors (Lipinski definition) is 4. The topological polar surface area (TPSA) is 149 Å². The third kappa shape index (κ3) is 4.20. The summed E-state index contributed by atoms with van der Waals surface area (Å²) in [5, 5.41) is 8.59. The lowest BCUT2D eigenvalue weighted by atomic mass is 10.3. The number of ether oxygens (including phenoxy) is 1. The van der Waals surface area contributed by atoms with Crippen molar-refractivity contribution in [2.24, 2.45) is 5.73 Å². The monoisotopic (exact) mass is 290 g/mol. The summed E-state index contributed by atoms with van der Waals surface area (Å²) >= 11 is 0. The largest absolute Gasteiger partial charge is 0.493 e. The van der Waals surface area contributed by atoms with E-state index in [1.807, 2.05) is 0 Å². The van der Waals surface area contributed by atoms with Crippen molar-refractivity contribution in [2.75, 3.05) is 17.7 Å². The van der Waals surface area contributed by atoms with Gasteiger partial charge in [0.2, 0.25) is 17.7 Å². The Labute approximate surface area is 119 Å². The molecule has 110 valence electrons. The van der Waals surface area contributed by atoms with Crippen LogP contribution in [0, 0.1) is 0 Å². The van der Waals surface area contributed by atoms with E-state index in [0.29, 0.717) is 11.4 Å². The summed E-state index contributed by atoms with van der Waals surface area (Å²) in [6, 6.07) is 6.62. The molecule has 21 heavy (non-hydrogen) atoms. The Kier molecular flexibility index (Phi) is 4.34. The maximum Gasteiger partial charge on any atom is 0.293 e. The lowest BCUT2D eigenvalue weighted by Gasteiger charge is -2.06. The zero-order chi connectivity index (χ0) is 15.2. The van der Waals surface area contributed by atoms with Crippen molar-refractivity contribution in [3.05, 3.63) is 30.1 Å². The third-order valence-corrected chi connectivity index (χ3v) is 2.45. The minimum absolute atomic E-state index is 0.00153. The molecular formula is C12H14N6O3. The van der Waals surface area contributed by atoms with Crippen LogP contribution in [0.4, 0.5) is 11.6 Å². The molecule has 0 saturated heterocycles. The van der Waals surface area contributed by atoms with Crippen LogP contribution in [-0.4, -0.2) is 33.6 Å². The quantitative estimate of drug-likeness (QED) is 0.583. The number of aromatic nitrogens is 3. The molecule has 0 aliphatic heterocycles. The van der Waals surface area contributed by atoms with Gasteiger partial charge in [-0.3, -0.25) is 14.7 Å². The SMILES string of the molecule is NC(=O)CCOc1ccc(NC(=O)c2nc(N)n[nH]2)cc1. The normalized spacial score (nSPS) is 10.1. The molecule has 0 unspecified atom stereocenters. The van der Waals surface area contributed by atoms with Gasteiger partial charge in [-0.2, -0.15) is 4.98 Å². The molecule has 0 bridgehead atoms. The fraction of sp³-hybridized carbons (Fsp3) is 0.167. The van der Waals surface area contributed by atoms with Crippen LogP contribution in [0.15, 0.2) is 24.3 Å². The predicted molar refractivity (Wildman–Crippen MR) is 74.5 cm³/mol. The van der Waals surface area contributed by atoms with E-state index >= 15 is 0 Å². The second kappa shape index (κ2) is 6.37. The lowest BCUT2D eigenvalue weighted by Crippen LogP contribution is -2.15. The smallest absolute Gasteiger partial charge is 0.293 e. The van der Waals surface area contributed by atoms with Gasteiger partial charge in [-0.1, -0.05) is 0 Å². The number of H-pyrrole nitrogens is 1. The first-order valence-corrected chi connectivity index (χ1v) is 6.05. The Hall–Kier alpha value is -3.10. The first kappa shape index (κ1) is 14.3. The molecule has 2 amide bonds. The van der Waals surface area contributed by atoms with Crippen molar-refractivity contribution in [3.8, 4) is 5.75 Å². The zero-order valence-electron chi connectivity index (χ0n) is 11.0. The number of nitrogens with two attached hydrogens (primary N) is 2. The standard InChI is InChI=1S/C12H14N6O3/c13-9(19)5-6-21-8-3-1-7(2-4-8)15-11(20)10-16-12(14)18-17-10/h1-4H,5-6H2,(H2,13,19)(H,15,20)(H3,14,16,17,18). The molecule has 0 aliphatic rings. The molecule has 6 N–H and O–H groups in total. The molecule has 0 atom stereocenters. The van der Waals surface area contributed by atoms with Gasteiger partial charge in [0.25, 0.3) is 5.91 Å². The van der Waals surface area contributed by atoms with E-state index in [0.717, 1.165) is 0 Å². The van der Waals surface area contributed by atoms with E-state index in [-0.39, 0.29) is 24.8 Å². The molecule has 1 aromatic carbocycles. The molecule has 9 heteroatoms. The number of amides is 2. The van der Waals surface area contributed by atoms with Crippen molar-refractivity contribution in [1.82, 2.24) is 15.2 Å². The molecule has 0 radical (unpaired) electrons. The summed E-state index contributed by atoms with van der Waals surface area (Å²) in [4.78, 5) is 26.1. The Bertz CT molecular complexity index is 637. The van der Waals surface area contributed by atoms with Crippen LogP contribution in [0.1, 0.15) is 17.0 Å². The van der Waals surface area contributed by atoms with Gasteiger partial charge < -0.3 is 21.5 Å². The number of primary amides is 1. The summed E-state index contributed by atoms with van der Waals surface area (Å²) < 4.78 is 5.31. The van der Waals surface area contributed by atoms with Crippen LogP contribution in [0.25, 0.3) is 0 Å². The van der Waals surface area contributed by atoms with Crippen LogP contribution >= 0.6 is 0 Å². The van der Waals surface area contributed by atoms with Gasteiger partial charge in [0, 0.05) is 5.69 Å². The number of nitrogens with one attached hydrogen (secondary N) is 2. The number of anilines is 2. The van der Waals surface area contributed by atoms with Gasteiger partial charge in [-0.05, 0) is 24.3 Å². The van der Waals surface area contributed by atoms with Crippen LogP contribution in [0.2, 0.25) is 0 Å². The molecule has 9 nitrogen and oxygen atoms in total. The van der Waals surface area contributed by atoms with Crippen molar-refractivity contribution in [1.29, 1.82) is 0 Å². The van der Waals surface area contributed by atoms with Crippen LogP contribution < -0.4 is 21.5 Å². The van der Waals surface area contributed by atoms with Gasteiger partial charge >= 0.3 is 0 Å². The summed E-state index contributed by atoms with van der Waals surface area (Å²) in [6.07, 6.45) is 0.144. The van der Waals surface area contributed by atoms with E-state index in [2.05, 4.69) is 20.5 Å². The number of carbonyl (C=O) groups excluding carboxylic acids is 2. The number of benzene rings is 1. The van der Waals surface area contributed by atoms with Gasteiger partial charge in [0.1, 0.15) is 5.75 Å². The fourth-order valence-electron chi connectivity index (χ4n) is 1.47. The highest BCUT2D eigenvalue weighted by Gasteiger charge is 2.10. The van der Waals surface area contributed by atoms with Crippen molar-refractivity contribution in [3.63, 3.8) is 0 Å². The first-order chi connectivity index (χ1) is 10.0. The number of nitrogen functional groups attached to an aromatic ring is 1. The molecule has 1 aromatic heterocycles. The average Bonchev–Trinajstić information content (AvgIpc) is 2.87. The van der Waals surface area contributed by atoms with Gasteiger partial charge in [-0.15, -0.1) is 5.10 Å². The number of carbonyl (C=O) groups is 2. The predicted octanol–water partition coefficient (Wildman–Crippen LogP) is -0.107. The Balaban J connectivity index is 1.90. The lowest BCUT2D eigenvalue weighted by molar-refractivity contribution is -0.118. The van der Waals surface area contributed by atoms with E-state index in [4.69, 9.17) is 16.2 Å². The summed E-state index contributed by atoms with van der Waals surface area (Å²) in [6.45, 7) is 0.207. The number of rotatable bonds is 6. The Morgan fingerprint density at radius 3 is 2.57 bits per heavy atom. The highest BCUT2D eigenvalue weighted by molar-refractivity contribution is 6.01. The van der Waals surface area contributed by atoms with Crippen molar-refractivity contribution in [2.45, 2.75) is 6.42 Å². The molecular weight excluding hydrogens is 276 g/mol. The second-order valence-corrected chi connectivity index (χ2v) is 4.09. The highest BCUT2D eigenvalue weighted by atomic mass is 16.5. The van der Waals surface area contributed by atoms with Crippen LogP contribution in [0.3, 0.4) is 0 Å². The Morgan fingerprint density at radius 2 is 2.00 bits per heavy atom. The van der Waals surface area contributed by atoms with Gasteiger partial charge in [-0.25, -0.2) is 0 Å². The molecule has 0 fully saturated rings. The molecule has 0 saturated carbocycles.